The van der Waals surface area contributed by atoms with Crippen molar-refractivity contribution >= 4 is 11.6 Å². The first-order chi connectivity index (χ1) is 15.7. The zero-order chi connectivity index (χ0) is 21.9. The highest BCUT2D eigenvalue weighted by molar-refractivity contribution is 5.99. The summed E-state index contributed by atoms with van der Waals surface area (Å²) in [6.07, 6.45) is -0.573. The molecular formula is C25H21N3O4. The van der Waals surface area contributed by atoms with Gasteiger partial charge < -0.3 is 14.0 Å². The third kappa shape index (κ3) is 4.05. The highest BCUT2D eigenvalue weighted by Gasteiger charge is 2.32. The van der Waals surface area contributed by atoms with Crippen LogP contribution in [0.25, 0.3) is 11.4 Å². The predicted octanol–water partition coefficient (Wildman–Crippen LogP) is 4.63. The normalized spacial score (nSPS) is 15.2. The van der Waals surface area contributed by atoms with E-state index in [1.54, 1.807) is 11.8 Å². The molecule has 0 aliphatic carbocycles. The van der Waals surface area contributed by atoms with Gasteiger partial charge in [0.25, 0.3) is 5.91 Å². The van der Waals surface area contributed by atoms with E-state index in [1.165, 1.54) is 0 Å². The van der Waals surface area contributed by atoms with Crippen LogP contribution >= 0.6 is 0 Å². The first kappa shape index (κ1) is 19.8. The number of ether oxygens (including phenoxy) is 2. The van der Waals surface area contributed by atoms with Gasteiger partial charge in [-0.15, -0.1) is 0 Å². The molecule has 0 saturated heterocycles. The largest absolute Gasteiger partial charge is 0.489 e. The fraction of sp³-hybridized carbons (Fsp3) is 0.160. The minimum Gasteiger partial charge on any atom is -0.489 e. The van der Waals surface area contributed by atoms with Crippen molar-refractivity contribution in [3.05, 3.63) is 90.3 Å². The Kier molecular flexibility index (Phi) is 5.29. The molecule has 1 unspecified atom stereocenters. The van der Waals surface area contributed by atoms with E-state index in [-0.39, 0.29) is 12.5 Å². The van der Waals surface area contributed by atoms with Gasteiger partial charge in [0.2, 0.25) is 11.7 Å². The second-order valence-corrected chi connectivity index (χ2v) is 7.46. The predicted molar refractivity (Wildman–Crippen MR) is 118 cm³/mol. The molecule has 0 radical (unpaired) electrons. The number of para-hydroxylation sites is 2. The van der Waals surface area contributed by atoms with Crippen molar-refractivity contribution in [3.63, 3.8) is 0 Å². The molecule has 3 aromatic carbocycles. The van der Waals surface area contributed by atoms with Gasteiger partial charge in [-0.1, -0.05) is 47.6 Å². The molecule has 4 aromatic rings. The average molecular weight is 427 g/mol. The second kappa shape index (κ2) is 8.55. The molecule has 1 aliphatic rings. The monoisotopic (exact) mass is 427 g/mol. The summed E-state index contributed by atoms with van der Waals surface area (Å²) < 4.78 is 16.9. The summed E-state index contributed by atoms with van der Waals surface area (Å²) in [5, 5.41) is 4.08. The van der Waals surface area contributed by atoms with Gasteiger partial charge >= 0.3 is 0 Å². The minimum absolute atomic E-state index is 0.150. The molecule has 1 aliphatic heterocycles. The molecular weight excluding hydrogens is 406 g/mol. The van der Waals surface area contributed by atoms with Crippen molar-refractivity contribution in [2.24, 2.45) is 0 Å². The van der Waals surface area contributed by atoms with Crippen LogP contribution in [0.2, 0.25) is 0 Å². The van der Waals surface area contributed by atoms with Crippen LogP contribution in [-0.4, -0.2) is 22.2 Å². The van der Waals surface area contributed by atoms with Crippen molar-refractivity contribution in [1.29, 1.82) is 0 Å². The van der Waals surface area contributed by atoms with Crippen LogP contribution in [0.1, 0.15) is 18.4 Å². The minimum atomic E-state index is -0.573. The molecule has 7 nitrogen and oxygen atoms in total. The van der Waals surface area contributed by atoms with Crippen LogP contribution in [0.5, 0.6) is 11.5 Å². The van der Waals surface area contributed by atoms with Crippen molar-refractivity contribution in [2.75, 3.05) is 4.90 Å². The van der Waals surface area contributed by atoms with E-state index in [1.807, 2.05) is 78.9 Å². The summed E-state index contributed by atoms with van der Waals surface area (Å²) >= 11 is 0. The smallest absolute Gasteiger partial charge is 0.268 e. The van der Waals surface area contributed by atoms with E-state index in [2.05, 4.69) is 10.1 Å². The van der Waals surface area contributed by atoms with Gasteiger partial charge in [0.1, 0.15) is 24.7 Å². The van der Waals surface area contributed by atoms with Crippen LogP contribution in [0, 0.1) is 0 Å². The van der Waals surface area contributed by atoms with Crippen LogP contribution < -0.4 is 14.4 Å². The number of carbonyl (C=O) groups is 1. The van der Waals surface area contributed by atoms with Crippen LogP contribution in [0.3, 0.4) is 0 Å². The Bertz CT molecular complexity index is 1220. The molecule has 7 heteroatoms. The first-order valence-electron chi connectivity index (χ1n) is 10.3. The van der Waals surface area contributed by atoms with Gasteiger partial charge in [0, 0.05) is 5.56 Å². The maximum Gasteiger partial charge on any atom is 0.268 e. The number of benzene rings is 3. The van der Waals surface area contributed by atoms with Gasteiger partial charge in [-0.2, -0.15) is 4.98 Å². The maximum atomic E-state index is 12.7. The Labute approximate surface area is 185 Å². The van der Waals surface area contributed by atoms with Gasteiger partial charge in [-0.05, 0) is 48.9 Å². The van der Waals surface area contributed by atoms with Crippen LogP contribution in [-0.2, 0) is 17.9 Å². The Balaban J connectivity index is 1.28. The lowest BCUT2D eigenvalue weighted by molar-refractivity contribution is -0.125. The molecule has 1 aromatic heterocycles. The summed E-state index contributed by atoms with van der Waals surface area (Å²) in [6.45, 7) is 2.40. The number of hydrogen-bond donors (Lipinski definition) is 0. The maximum absolute atomic E-state index is 12.7. The summed E-state index contributed by atoms with van der Waals surface area (Å²) in [4.78, 5) is 18.8. The van der Waals surface area contributed by atoms with E-state index in [9.17, 15) is 4.79 Å². The number of carbonyl (C=O) groups excluding carboxylic acids is 1. The van der Waals surface area contributed by atoms with Gasteiger partial charge in [0.05, 0.1) is 5.69 Å². The van der Waals surface area contributed by atoms with Gasteiger partial charge in [-0.25, -0.2) is 0 Å². The molecule has 1 atom stereocenters. The lowest BCUT2D eigenvalue weighted by atomic mass is 10.2. The van der Waals surface area contributed by atoms with E-state index in [4.69, 9.17) is 14.0 Å². The summed E-state index contributed by atoms with van der Waals surface area (Å²) in [5.41, 5.74) is 2.59. The molecule has 32 heavy (non-hydrogen) atoms. The molecule has 0 bridgehead atoms. The number of nitrogens with zero attached hydrogens (tertiary/aromatic N) is 3. The Morgan fingerprint density at radius 1 is 0.969 bits per heavy atom. The number of fused-ring (bicyclic) bond motifs is 1. The molecule has 0 N–H and O–H groups in total. The molecule has 160 valence electrons. The second-order valence-electron chi connectivity index (χ2n) is 7.46. The van der Waals surface area contributed by atoms with Gasteiger partial charge in [-0.3, -0.25) is 9.69 Å². The number of anilines is 1. The van der Waals surface area contributed by atoms with Crippen LogP contribution in [0.15, 0.2) is 83.4 Å². The number of hydrogen-bond acceptors (Lipinski definition) is 6. The highest BCUT2D eigenvalue weighted by atomic mass is 16.5. The molecule has 0 fully saturated rings. The highest BCUT2D eigenvalue weighted by Crippen LogP contribution is 2.34. The fourth-order valence-corrected chi connectivity index (χ4v) is 3.53. The number of aromatic nitrogens is 2. The van der Waals surface area contributed by atoms with Crippen molar-refractivity contribution in [3.8, 4) is 22.9 Å². The van der Waals surface area contributed by atoms with E-state index >= 15 is 0 Å². The van der Waals surface area contributed by atoms with Gasteiger partial charge in [0.15, 0.2) is 6.10 Å². The van der Waals surface area contributed by atoms with E-state index in [0.29, 0.717) is 29.8 Å². The van der Waals surface area contributed by atoms with E-state index < -0.39 is 6.10 Å². The molecule has 5 rings (SSSR count). The molecule has 2 heterocycles. The Morgan fingerprint density at radius 2 is 1.72 bits per heavy atom. The Morgan fingerprint density at radius 3 is 2.53 bits per heavy atom. The lowest BCUT2D eigenvalue weighted by Gasteiger charge is -2.31. The zero-order valence-corrected chi connectivity index (χ0v) is 17.5. The molecule has 1 amide bonds. The quantitative estimate of drug-likeness (QED) is 0.447. The summed E-state index contributed by atoms with van der Waals surface area (Å²) in [5.74, 6) is 2.07. The SMILES string of the molecule is CC1Oc2ccccc2N(Cc2nc(-c3ccc(OCc4ccccc4)cc3)no2)C1=O. The summed E-state index contributed by atoms with van der Waals surface area (Å²) in [6, 6.07) is 24.9. The van der Waals surface area contributed by atoms with Crippen molar-refractivity contribution in [2.45, 2.75) is 26.2 Å². The standard InChI is InChI=1S/C25H21N3O4/c1-17-25(29)28(21-9-5-6-10-22(21)31-17)15-23-26-24(27-32-23)19-11-13-20(14-12-19)30-16-18-7-3-2-4-8-18/h2-14,17H,15-16H2,1H3. The summed E-state index contributed by atoms with van der Waals surface area (Å²) in [7, 11) is 0. The zero-order valence-electron chi connectivity index (χ0n) is 17.5. The van der Waals surface area contributed by atoms with Crippen LogP contribution in [0.4, 0.5) is 5.69 Å². The van der Waals surface area contributed by atoms with Crippen molar-refractivity contribution in [1.82, 2.24) is 10.1 Å². The third-order valence-electron chi connectivity index (χ3n) is 5.20. The third-order valence-corrected chi connectivity index (χ3v) is 5.20. The first-order valence-corrected chi connectivity index (χ1v) is 10.3. The lowest BCUT2D eigenvalue weighted by Crippen LogP contribution is -2.44. The number of amides is 1. The number of rotatable bonds is 6. The Hall–Kier alpha value is -4.13. The molecule has 0 spiro atoms. The average Bonchev–Trinajstić information content (AvgIpc) is 3.30. The van der Waals surface area contributed by atoms with E-state index in [0.717, 1.165) is 16.9 Å². The van der Waals surface area contributed by atoms with Crippen molar-refractivity contribution < 1.29 is 18.8 Å². The fourth-order valence-electron chi connectivity index (χ4n) is 3.53. The molecule has 0 saturated carbocycles. The topological polar surface area (TPSA) is 77.7 Å².